The van der Waals surface area contributed by atoms with Gasteiger partial charge in [-0.3, -0.25) is 0 Å². The van der Waals surface area contributed by atoms with Crippen LogP contribution in [0.5, 0.6) is 0 Å². The van der Waals surface area contributed by atoms with Gasteiger partial charge in [0.25, 0.3) is 0 Å². The molecule has 0 spiro atoms. The molecule has 1 aromatic rings. The van der Waals surface area contributed by atoms with E-state index < -0.39 is 5.97 Å². The second-order valence-electron chi connectivity index (χ2n) is 14.7. The lowest BCUT2D eigenvalue weighted by Gasteiger charge is -2.09. The average molecular weight is 686 g/mol. The summed E-state index contributed by atoms with van der Waals surface area (Å²) in [6, 6.07) is 4.72. The van der Waals surface area contributed by atoms with E-state index in [1.807, 2.05) is 0 Å². The van der Waals surface area contributed by atoms with Crippen molar-refractivity contribution in [3.8, 4) is 0 Å². The van der Waals surface area contributed by atoms with Crippen LogP contribution < -0.4 is 5.73 Å². The molecular weight excluding hydrogens is 606 g/mol. The monoisotopic (exact) mass is 686 g/mol. The summed E-state index contributed by atoms with van der Waals surface area (Å²) in [7, 11) is 0. The molecule has 0 fully saturated rings. The van der Waals surface area contributed by atoms with Gasteiger partial charge in [-0.05, 0) is 31.0 Å². The molecule has 0 amide bonds. The number of unbranched alkanes of at least 4 members (excludes halogenated alkanes) is 30. The molecule has 0 bridgehead atoms. The fourth-order valence-electron chi connectivity index (χ4n) is 6.67. The molecule has 0 atom stereocenters. The van der Waals surface area contributed by atoms with E-state index in [0.717, 1.165) is 25.7 Å². The van der Waals surface area contributed by atoms with E-state index in [1.54, 1.807) is 12.1 Å². The maximum absolute atomic E-state index is 12.5. The maximum Gasteiger partial charge on any atom is 0.340 e. The van der Waals surface area contributed by atoms with Crippen LogP contribution in [0, 0.1) is 0 Å². The molecule has 0 saturated heterocycles. The second-order valence-corrected chi connectivity index (χ2v) is 14.7. The van der Waals surface area contributed by atoms with Crippen LogP contribution in [0.3, 0.4) is 0 Å². The molecule has 0 radical (unpaired) electrons. The van der Waals surface area contributed by atoms with Gasteiger partial charge in [-0.1, -0.05) is 206 Å². The van der Waals surface area contributed by atoms with Gasteiger partial charge in [-0.25, -0.2) is 9.59 Å². The number of nitrogens with two attached hydrogens (primary N) is 1. The summed E-state index contributed by atoms with van der Waals surface area (Å²) in [4.78, 5) is 25.0. The van der Waals surface area contributed by atoms with Crippen molar-refractivity contribution in [1.82, 2.24) is 0 Å². The number of nitrogen functional groups attached to an aromatic ring is 1. The number of benzene rings is 1. The van der Waals surface area contributed by atoms with Crippen LogP contribution in [0.4, 0.5) is 5.69 Å². The Morgan fingerprint density at radius 2 is 0.714 bits per heavy atom. The van der Waals surface area contributed by atoms with Crippen molar-refractivity contribution in [3.05, 3.63) is 29.3 Å². The summed E-state index contributed by atoms with van der Waals surface area (Å²) in [5, 5.41) is 0. The molecule has 2 N–H and O–H groups in total. The molecule has 1 rings (SSSR count). The van der Waals surface area contributed by atoms with Gasteiger partial charge in [-0.2, -0.15) is 0 Å². The molecule has 49 heavy (non-hydrogen) atoms. The molecule has 284 valence electrons. The van der Waals surface area contributed by atoms with Crippen LogP contribution >= 0.6 is 0 Å². The SMILES string of the molecule is CCCCCCCCCCCCCCCCCCOC(=O)c1ccc(C(=O)OCCCCCCCCCCCCCCCCCC)c(N)c1. The molecule has 0 aliphatic heterocycles. The number of carbonyl (C=O) groups excluding carboxylic acids is 2. The summed E-state index contributed by atoms with van der Waals surface area (Å²) in [5.74, 6) is -0.813. The Bertz CT molecular complexity index is 901. The minimum atomic E-state index is -0.424. The number of ether oxygens (including phenoxy) is 2. The highest BCUT2D eigenvalue weighted by atomic mass is 16.5. The predicted octanol–water partition coefficient (Wildman–Crippen LogP) is 14.1. The van der Waals surface area contributed by atoms with Crippen molar-refractivity contribution in [1.29, 1.82) is 0 Å². The van der Waals surface area contributed by atoms with E-state index in [1.165, 1.54) is 186 Å². The van der Waals surface area contributed by atoms with E-state index in [-0.39, 0.29) is 11.7 Å². The van der Waals surface area contributed by atoms with Gasteiger partial charge in [0, 0.05) is 5.69 Å². The fraction of sp³-hybridized carbons (Fsp3) is 0.818. The zero-order chi connectivity index (χ0) is 35.5. The van der Waals surface area contributed by atoms with Gasteiger partial charge in [0.2, 0.25) is 0 Å². The number of hydrogen-bond acceptors (Lipinski definition) is 5. The first-order chi connectivity index (χ1) is 24.1. The lowest BCUT2D eigenvalue weighted by atomic mass is 10.0. The van der Waals surface area contributed by atoms with Gasteiger partial charge in [0.05, 0.1) is 24.3 Å². The van der Waals surface area contributed by atoms with Crippen LogP contribution in [0.1, 0.15) is 240 Å². The first-order valence-electron chi connectivity index (χ1n) is 21.3. The first kappa shape index (κ1) is 45.0. The standard InChI is InChI=1S/C44H79NO4/c1-3-5-7-9-11-13-15-17-19-21-23-25-27-29-31-33-37-48-43(46)40-35-36-41(42(45)39-40)44(47)49-38-34-32-30-28-26-24-22-20-18-16-14-12-10-8-6-4-2/h35-36,39H,3-34,37-38,45H2,1-2H3. The number of hydrogen-bond donors (Lipinski definition) is 1. The van der Waals surface area contributed by atoms with E-state index in [0.29, 0.717) is 24.3 Å². The van der Waals surface area contributed by atoms with Gasteiger partial charge in [0.1, 0.15) is 0 Å². The molecule has 0 aliphatic carbocycles. The van der Waals surface area contributed by atoms with E-state index in [2.05, 4.69) is 13.8 Å². The highest BCUT2D eigenvalue weighted by molar-refractivity contribution is 5.98. The van der Waals surface area contributed by atoms with E-state index in [4.69, 9.17) is 15.2 Å². The molecule has 5 nitrogen and oxygen atoms in total. The minimum Gasteiger partial charge on any atom is -0.462 e. The van der Waals surface area contributed by atoms with Gasteiger partial charge < -0.3 is 15.2 Å². The quantitative estimate of drug-likeness (QED) is 0.0432. The third-order valence-corrected chi connectivity index (χ3v) is 9.97. The zero-order valence-electron chi connectivity index (χ0n) is 32.5. The summed E-state index contributed by atoms with van der Waals surface area (Å²) in [6.45, 7) is 5.37. The molecular formula is C44H79NO4. The normalized spacial score (nSPS) is 11.2. The van der Waals surface area contributed by atoms with Crippen molar-refractivity contribution >= 4 is 17.6 Å². The fourth-order valence-corrected chi connectivity index (χ4v) is 6.67. The number of carbonyl (C=O) groups is 2. The van der Waals surface area contributed by atoms with Gasteiger partial charge >= 0.3 is 11.9 Å². The average Bonchev–Trinajstić information content (AvgIpc) is 3.10. The Morgan fingerprint density at radius 1 is 0.429 bits per heavy atom. The summed E-state index contributed by atoms with van der Waals surface area (Å²) >= 11 is 0. The number of anilines is 1. The maximum atomic E-state index is 12.5. The first-order valence-corrected chi connectivity index (χ1v) is 21.3. The Labute approximate surface area is 303 Å². The predicted molar refractivity (Wildman–Crippen MR) is 211 cm³/mol. The summed E-state index contributed by atoms with van der Waals surface area (Å²) in [6.07, 6.45) is 42.1. The Morgan fingerprint density at radius 3 is 1.02 bits per heavy atom. The Kier molecular flexibility index (Phi) is 31.6. The molecule has 0 aromatic heterocycles. The third-order valence-electron chi connectivity index (χ3n) is 9.97. The molecule has 5 heteroatoms. The van der Waals surface area contributed by atoms with Crippen molar-refractivity contribution < 1.29 is 19.1 Å². The van der Waals surface area contributed by atoms with Crippen LogP contribution in [-0.2, 0) is 9.47 Å². The largest absolute Gasteiger partial charge is 0.462 e. The molecule has 1 aromatic carbocycles. The highest BCUT2D eigenvalue weighted by Crippen LogP contribution is 2.19. The van der Waals surface area contributed by atoms with Gasteiger partial charge in [0.15, 0.2) is 0 Å². The van der Waals surface area contributed by atoms with Crippen LogP contribution in [0.25, 0.3) is 0 Å². The zero-order valence-corrected chi connectivity index (χ0v) is 32.5. The summed E-state index contributed by atoms with van der Waals surface area (Å²) < 4.78 is 10.9. The number of rotatable bonds is 36. The lowest BCUT2D eigenvalue weighted by molar-refractivity contribution is 0.0484. The van der Waals surface area contributed by atoms with Crippen LogP contribution in [-0.4, -0.2) is 25.2 Å². The smallest absolute Gasteiger partial charge is 0.340 e. The van der Waals surface area contributed by atoms with E-state index >= 15 is 0 Å². The Balaban J connectivity index is 1.97. The molecule has 0 saturated carbocycles. The van der Waals surface area contributed by atoms with Crippen LogP contribution in [0.15, 0.2) is 18.2 Å². The number of esters is 2. The summed E-state index contributed by atoms with van der Waals surface area (Å²) in [5.41, 5.74) is 7.06. The van der Waals surface area contributed by atoms with Crippen molar-refractivity contribution in [3.63, 3.8) is 0 Å². The lowest BCUT2D eigenvalue weighted by Crippen LogP contribution is -2.12. The van der Waals surface area contributed by atoms with Crippen molar-refractivity contribution in [2.75, 3.05) is 18.9 Å². The van der Waals surface area contributed by atoms with Crippen molar-refractivity contribution in [2.45, 2.75) is 219 Å². The molecule has 0 unspecified atom stereocenters. The Hall–Kier alpha value is -2.04. The minimum absolute atomic E-state index is 0.258. The van der Waals surface area contributed by atoms with E-state index in [9.17, 15) is 9.59 Å². The van der Waals surface area contributed by atoms with Crippen LogP contribution in [0.2, 0.25) is 0 Å². The topological polar surface area (TPSA) is 78.6 Å². The molecule has 0 heterocycles. The highest BCUT2D eigenvalue weighted by Gasteiger charge is 2.15. The third kappa shape index (κ3) is 27.4. The molecule has 0 aliphatic rings. The van der Waals surface area contributed by atoms with Gasteiger partial charge in [-0.15, -0.1) is 0 Å². The second kappa shape index (κ2) is 34.4. The van der Waals surface area contributed by atoms with Crippen molar-refractivity contribution in [2.24, 2.45) is 0 Å².